The van der Waals surface area contributed by atoms with E-state index < -0.39 is 0 Å². The minimum absolute atomic E-state index is 0.210. The Morgan fingerprint density at radius 2 is 2.29 bits per heavy atom. The molecule has 1 saturated heterocycles. The number of hydrogen-bond donors (Lipinski definition) is 2. The summed E-state index contributed by atoms with van der Waals surface area (Å²) < 4.78 is 5.87. The van der Waals surface area contributed by atoms with E-state index in [1.54, 1.807) is 0 Å². The molecule has 1 fully saturated rings. The lowest BCUT2D eigenvalue weighted by molar-refractivity contribution is 0.0320. The molecule has 3 atom stereocenters. The van der Waals surface area contributed by atoms with Gasteiger partial charge in [0.1, 0.15) is 0 Å². The van der Waals surface area contributed by atoms with Crippen molar-refractivity contribution in [1.29, 1.82) is 0 Å². The number of aryl methyl sites for hydroxylation is 1. The molecule has 1 heterocycles. The highest BCUT2D eigenvalue weighted by molar-refractivity contribution is 5.23. The van der Waals surface area contributed by atoms with Gasteiger partial charge in [0.2, 0.25) is 0 Å². The first-order valence-corrected chi connectivity index (χ1v) is 6.36. The second kappa shape index (κ2) is 5.63. The number of hydrogen-bond acceptors (Lipinski definition) is 3. The van der Waals surface area contributed by atoms with Crippen LogP contribution in [-0.4, -0.2) is 18.2 Å². The number of benzene rings is 1. The van der Waals surface area contributed by atoms with Crippen LogP contribution in [0.5, 0.6) is 0 Å². The van der Waals surface area contributed by atoms with E-state index in [2.05, 4.69) is 43.5 Å². The number of hydrazine groups is 1. The fourth-order valence-corrected chi connectivity index (χ4v) is 2.52. The first-order valence-electron chi connectivity index (χ1n) is 6.36. The standard InChI is InChI=1S/C14H22N2O/c1-10-4-3-5-12(8-10)9-13(16-15)14-7-6-11(2)17-14/h3-5,8,11,13-14,16H,6-7,9,15H2,1-2H3. The van der Waals surface area contributed by atoms with Crippen molar-refractivity contribution in [1.82, 2.24) is 5.43 Å². The van der Waals surface area contributed by atoms with Crippen molar-refractivity contribution in [2.75, 3.05) is 0 Å². The maximum atomic E-state index is 5.87. The molecule has 0 saturated carbocycles. The Bertz CT molecular complexity index is 367. The minimum atomic E-state index is 0.210. The molecule has 1 aromatic carbocycles. The molecule has 94 valence electrons. The zero-order valence-corrected chi connectivity index (χ0v) is 10.6. The van der Waals surface area contributed by atoms with Crippen molar-refractivity contribution in [3.8, 4) is 0 Å². The number of rotatable bonds is 4. The quantitative estimate of drug-likeness (QED) is 0.618. The van der Waals surface area contributed by atoms with Crippen molar-refractivity contribution in [3.05, 3.63) is 35.4 Å². The smallest absolute Gasteiger partial charge is 0.0749 e. The highest BCUT2D eigenvalue weighted by Crippen LogP contribution is 2.23. The van der Waals surface area contributed by atoms with E-state index in [9.17, 15) is 0 Å². The van der Waals surface area contributed by atoms with Gasteiger partial charge in [-0.1, -0.05) is 29.8 Å². The summed E-state index contributed by atoms with van der Waals surface area (Å²) in [5.74, 6) is 5.65. The molecule has 0 aromatic heterocycles. The van der Waals surface area contributed by atoms with Crippen molar-refractivity contribution in [2.45, 2.75) is 51.4 Å². The van der Waals surface area contributed by atoms with Crippen molar-refractivity contribution < 1.29 is 4.74 Å². The van der Waals surface area contributed by atoms with Crippen molar-refractivity contribution in [2.24, 2.45) is 5.84 Å². The van der Waals surface area contributed by atoms with E-state index in [-0.39, 0.29) is 12.1 Å². The molecule has 1 aromatic rings. The fraction of sp³-hybridized carbons (Fsp3) is 0.571. The summed E-state index contributed by atoms with van der Waals surface area (Å²) in [5.41, 5.74) is 5.51. The van der Waals surface area contributed by atoms with Crippen LogP contribution < -0.4 is 11.3 Å². The summed E-state index contributed by atoms with van der Waals surface area (Å²) in [6.07, 6.45) is 3.78. The van der Waals surface area contributed by atoms with Crippen molar-refractivity contribution in [3.63, 3.8) is 0 Å². The van der Waals surface area contributed by atoms with Gasteiger partial charge in [-0.2, -0.15) is 0 Å². The molecule has 0 aliphatic carbocycles. The van der Waals surface area contributed by atoms with Gasteiger partial charge in [0.15, 0.2) is 0 Å². The van der Waals surface area contributed by atoms with Gasteiger partial charge in [0.25, 0.3) is 0 Å². The van der Waals surface area contributed by atoms with Crippen molar-refractivity contribution >= 4 is 0 Å². The Labute approximate surface area is 103 Å². The molecule has 0 radical (unpaired) electrons. The van der Waals surface area contributed by atoms with Gasteiger partial charge in [0.05, 0.1) is 18.2 Å². The SMILES string of the molecule is Cc1cccc(CC(NN)C2CCC(C)O2)c1. The van der Waals surface area contributed by atoms with E-state index in [4.69, 9.17) is 10.6 Å². The molecule has 3 heteroatoms. The highest BCUT2D eigenvalue weighted by atomic mass is 16.5. The maximum Gasteiger partial charge on any atom is 0.0749 e. The average molecular weight is 234 g/mol. The first-order chi connectivity index (χ1) is 8.19. The average Bonchev–Trinajstić information content (AvgIpc) is 2.73. The molecule has 2 rings (SSSR count). The number of ether oxygens (including phenoxy) is 1. The van der Waals surface area contributed by atoms with Crippen LogP contribution in [0.25, 0.3) is 0 Å². The monoisotopic (exact) mass is 234 g/mol. The zero-order valence-electron chi connectivity index (χ0n) is 10.6. The van der Waals surface area contributed by atoms with Crippen LogP contribution >= 0.6 is 0 Å². The lowest BCUT2D eigenvalue weighted by Gasteiger charge is -2.23. The third kappa shape index (κ3) is 3.28. The van der Waals surface area contributed by atoms with Crippen LogP contribution in [0.1, 0.15) is 30.9 Å². The molecular formula is C14H22N2O. The van der Waals surface area contributed by atoms with E-state index in [1.165, 1.54) is 11.1 Å². The van der Waals surface area contributed by atoms with Crippen LogP contribution in [0.15, 0.2) is 24.3 Å². The molecule has 0 bridgehead atoms. The second-order valence-corrected chi connectivity index (χ2v) is 5.03. The van der Waals surface area contributed by atoms with Gasteiger partial charge in [-0.25, -0.2) is 0 Å². The van der Waals surface area contributed by atoms with E-state index >= 15 is 0 Å². The van der Waals surface area contributed by atoms with Gasteiger partial charge in [-0.15, -0.1) is 0 Å². The van der Waals surface area contributed by atoms with Crippen LogP contribution in [0, 0.1) is 6.92 Å². The Balaban J connectivity index is 2.00. The van der Waals surface area contributed by atoms with Crippen LogP contribution in [0.3, 0.4) is 0 Å². The van der Waals surface area contributed by atoms with Crippen LogP contribution in [0.2, 0.25) is 0 Å². The Hall–Kier alpha value is -0.900. The molecule has 1 aliphatic rings. The summed E-state index contributed by atoms with van der Waals surface area (Å²) in [6.45, 7) is 4.24. The Kier molecular flexibility index (Phi) is 4.15. The molecule has 17 heavy (non-hydrogen) atoms. The zero-order chi connectivity index (χ0) is 12.3. The second-order valence-electron chi connectivity index (χ2n) is 5.03. The largest absolute Gasteiger partial charge is 0.374 e. The lowest BCUT2D eigenvalue weighted by atomic mass is 9.99. The molecule has 0 amide bonds. The first kappa shape index (κ1) is 12.6. The Morgan fingerprint density at radius 3 is 2.88 bits per heavy atom. The van der Waals surface area contributed by atoms with Gasteiger partial charge in [0, 0.05) is 0 Å². The number of nitrogens with one attached hydrogen (secondary N) is 1. The summed E-state index contributed by atoms with van der Waals surface area (Å²) in [7, 11) is 0. The minimum Gasteiger partial charge on any atom is -0.374 e. The van der Waals surface area contributed by atoms with Crippen LogP contribution in [0.4, 0.5) is 0 Å². The molecule has 3 N–H and O–H groups in total. The predicted molar refractivity (Wildman–Crippen MR) is 69.6 cm³/mol. The van der Waals surface area contributed by atoms with Crippen LogP contribution in [-0.2, 0) is 11.2 Å². The maximum absolute atomic E-state index is 5.87. The molecular weight excluding hydrogens is 212 g/mol. The number of nitrogens with two attached hydrogens (primary N) is 1. The highest BCUT2D eigenvalue weighted by Gasteiger charge is 2.28. The van der Waals surface area contributed by atoms with E-state index in [1.807, 2.05) is 0 Å². The van der Waals surface area contributed by atoms with Gasteiger partial charge in [-0.05, 0) is 38.7 Å². The Morgan fingerprint density at radius 1 is 1.47 bits per heavy atom. The predicted octanol–water partition coefficient (Wildman–Crippen LogP) is 1.94. The summed E-state index contributed by atoms with van der Waals surface area (Å²) in [6, 6.07) is 8.78. The summed E-state index contributed by atoms with van der Waals surface area (Å²) >= 11 is 0. The normalized spacial score (nSPS) is 26.1. The lowest BCUT2D eigenvalue weighted by Crippen LogP contribution is -2.45. The molecule has 0 spiro atoms. The third-order valence-corrected chi connectivity index (χ3v) is 3.47. The van der Waals surface area contributed by atoms with Gasteiger partial charge in [-0.3, -0.25) is 11.3 Å². The van der Waals surface area contributed by atoms with Gasteiger partial charge < -0.3 is 4.74 Å². The molecule has 3 unspecified atom stereocenters. The molecule has 1 aliphatic heterocycles. The van der Waals surface area contributed by atoms with E-state index in [0.717, 1.165) is 19.3 Å². The third-order valence-electron chi connectivity index (χ3n) is 3.47. The van der Waals surface area contributed by atoms with E-state index in [0.29, 0.717) is 6.10 Å². The fourth-order valence-electron chi connectivity index (χ4n) is 2.52. The topological polar surface area (TPSA) is 47.3 Å². The summed E-state index contributed by atoms with van der Waals surface area (Å²) in [4.78, 5) is 0. The van der Waals surface area contributed by atoms with Gasteiger partial charge >= 0.3 is 0 Å². The summed E-state index contributed by atoms with van der Waals surface area (Å²) in [5, 5.41) is 0. The molecule has 3 nitrogen and oxygen atoms in total.